The van der Waals surface area contributed by atoms with Crippen molar-refractivity contribution in [3.05, 3.63) is 61.3 Å². The van der Waals surface area contributed by atoms with Gasteiger partial charge in [0, 0.05) is 0 Å². The maximum atomic E-state index is 3.89. The molecule has 0 heterocycles. The Morgan fingerprint density at radius 1 is 0.885 bits per heavy atom. The van der Waals surface area contributed by atoms with Gasteiger partial charge in [0.15, 0.2) is 0 Å². The van der Waals surface area contributed by atoms with Crippen molar-refractivity contribution in [3.63, 3.8) is 0 Å². The highest BCUT2D eigenvalue weighted by molar-refractivity contribution is 6.80. The zero-order valence-corrected chi connectivity index (χ0v) is 17.7. The molecule has 2 saturated carbocycles. The quantitative estimate of drug-likeness (QED) is 0.263. The van der Waals surface area contributed by atoms with E-state index in [0.29, 0.717) is 0 Å². The van der Waals surface area contributed by atoms with E-state index in [9.17, 15) is 0 Å². The number of hydrogen-bond acceptors (Lipinski definition) is 0. The van der Waals surface area contributed by atoms with E-state index in [-0.39, 0.29) is 0 Å². The summed E-state index contributed by atoms with van der Waals surface area (Å²) in [5.41, 5.74) is 1.94. The van der Waals surface area contributed by atoms with Crippen molar-refractivity contribution in [3.8, 4) is 0 Å². The van der Waals surface area contributed by atoms with Crippen molar-refractivity contribution in [2.75, 3.05) is 0 Å². The molecule has 0 aromatic heterocycles. The molecular weight excluding hydrogens is 328 g/mol. The van der Waals surface area contributed by atoms with Crippen LogP contribution in [0.1, 0.15) is 38.5 Å². The first-order valence-corrected chi connectivity index (χ1v) is 14.1. The molecule has 4 aliphatic rings. The average Bonchev–Trinajstić information content (AvgIpc) is 3.25. The third-order valence-corrected chi connectivity index (χ3v) is 13.3. The summed E-state index contributed by atoms with van der Waals surface area (Å²) in [5.74, 6) is 4.04. The summed E-state index contributed by atoms with van der Waals surface area (Å²) in [6, 6.07) is 0. The second-order valence-corrected chi connectivity index (χ2v) is 14.9. The first kappa shape index (κ1) is 18.3. The lowest BCUT2D eigenvalue weighted by Crippen LogP contribution is -2.42. The highest BCUT2D eigenvalue weighted by Crippen LogP contribution is 2.62. The van der Waals surface area contributed by atoms with Crippen molar-refractivity contribution in [1.82, 2.24) is 0 Å². The third kappa shape index (κ3) is 3.17. The zero-order valence-electron chi connectivity index (χ0n) is 16.7. The standard InChI is InChI=1S/C25H36Si/c1-4-5-6-11-19-16-17-20(18-19)26(2,3)25-23-14-9-7-12-21(23)22-13-8-10-15-24(22)25/h4,7-10,12-15,19-25H,1,5-6,11,16-18H2,2-3H3. The molecule has 0 amide bonds. The number of allylic oxidation sites excluding steroid dienone is 9. The molecule has 6 unspecified atom stereocenters. The fraction of sp³-hybridized carbons (Fsp3) is 0.600. The van der Waals surface area contributed by atoms with E-state index in [1.165, 1.54) is 38.5 Å². The monoisotopic (exact) mass is 364 g/mol. The molecule has 0 aromatic carbocycles. The Labute approximate surface area is 161 Å². The molecule has 6 atom stereocenters. The fourth-order valence-corrected chi connectivity index (χ4v) is 11.9. The second kappa shape index (κ2) is 7.50. The van der Waals surface area contributed by atoms with Crippen LogP contribution in [0.5, 0.6) is 0 Å². The molecule has 0 nitrogen and oxygen atoms in total. The molecule has 0 N–H and O–H groups in total. The van der Waals surface area contributed by atoms with Crippen molar-refractivity contribution >= 4 is 8.07 Å². The molecule has 2 fully saturated rings. The van der Waals surface area contributed by atoms with Crippen LogP contribution >= 0.6 is 0 Å². The molecular formula is C25H36Si. The van der Waals surface area contributed by atoms with Gasteiger partial charge in [0.1, 0.15) is 0 Å². The molecule has 0 bridgehead atoms. The van der Waals surface area contributed by atoms with Gasteiger partial charge in [-0.05, 0) is 59.9 Å². The highest BCUT2D eigenvalue weighted by Gasteiger charge is 2.55. The normalized spacial score (nSPS) is 40.6. The summed E-state index contributed by atoms with van der Waals surface area (Å²) >= 11 is 0. The maximum Gasteiger partial charge on any atom is 0.0548 e. The van der Waals surface area contributed by atoms with Gasteiger partial charge in [-0.3, -0.25) is 0 Å². The third-order valence-electron chi connectivity index (χ3n) is 8.19. The lowest BCUT2D eigenvalue weighted by molar-refractivity contribution is 0.461. The van der Waals surface area contributed by atoms with E-state index in [1.54, 1.807) is 0 Å². The summed E-state index contributed by atoms with van der Waals surface area (Å²) in [6.07, 6.45) is 30.0. The molecule has 4 rings (SSSR count). The molecule has 4 aliphatic carbocycles. The Balaban J connectivity index is 1.52. The predicted molar refractivity (Wildman–Crippen MR) is 117 cm³/mol. The lowest BCUT2D eigenvalue weighted by Gasteiger charge is -2.42. The van der Waals surface area contributed by atoms with Crippen LogP contribution in [0.2, 0.25) is 24.2 Å². The first-order valence-electron chi connectivity index (χ1n) is 10.9. The molecule has 0 aromatic rings. The van der Waals surface area contributed by atoms with E-state index >= 15 is 0 Å². The van der Waals surface area contributed by atoms with Gasteiger partial charge in [0.2, 0.25) is 0 Å². The number of hydrogen-bond donors (Lipinski definition) is 0. The summed E-state index contributed by atoms with van der Waals surface area (Å²) < 4.78 is 0. The summed E-state index contributed by atoms with van der Waals surface area (Å²) in [6.45, 7) is 9.38. The van der Waals surface area contributed by atoms with Crippen LogP contribution < -0.4 is 0 Å². The van der Waals surface area contributed by atoms with E-state index in [1.807, 2.05) is 0 Å². The Bertz CT molecular complexity index is 601. The molecule has 140 valence electrons. The Morgan fingerprint density at radius 3 is 2.04 bits per heavy atom. The van der Waals surface area contributed by atoms with Crippen molar-refractivity contribution in [1.29, 1.82) is 0 Å². The Kier molecular flexibility index (Phi) is 5.28. The average molecular weight is 365 g/mol. The topological polar surface area (TPSA) is 0 Å². The van der Waals surface area contributed by atoms with Crippen LogP contribution in [0.3, 0.4) is 0 Å². The number of rotatable bonds is 6. The van der Waals surface area contributed by atoms with Crippen LogP contribution in [0.4, 0.5) is 0 Å². The van der Waals surface area contributed by atoms with E-state index in [4.69, 9.17) is 0 Å². The van der Waals surface area contributed by atoms with Gasteiger partial charge in [0.05, 0.1) is 8.07 Å². The molecule has 0 spiro atoms. The summed E-state index contributed by atoms with van der Waals surface area (Å²) in [7, 11) is -1.33. The predicted octanol–water partition coefficient (Wildman–Crippen LogP) is 7.32. The van der Waals surface area contributed by atoms with E-state index in [2.05, 4.69) is 74.4 Å². The van der Waals surface area contributed by atoms with Gasteiger partial charge >= 0.3 is 0 Å². The summed E-state index contributed by atoms with van der Waals surface area (Å²) in [5, 5.41) is 0. The van der Waals surface area contributed by atoms with Gasteiger partial charge in [-0.25, -0.2) is 0 Å². The minimum Gasteiger partial charge on any atom is -0.103 e. The smallest absolute Gasteiger partial charge is 0.0548 e. The molecule has 0 aliphatic heterocycles. The highest BCUT2D eigenvalue weighted by atomic mass is 28.3. The Hall–Kier alpha value is -1.08. The van der Waals surface area contributed by atoms with Crippen molar-refractivity contribution in [2.45, 2.75) is 62.7 Å². The van der Waals surface area contributed by atoms with Crippen LogP contribution in [-0.4, -0.2) is 8.07 Å². The van der Waals surface area contributed by atoms with Gasteiger partial charge in [-0.15, -0.1) is 6.58 Å². The maximum absolute atomic E-state index is 3.89. The Morgan fingerprint density at radius 2 is 1.46 bits per heavy atom. The van der Waals surface area contributed by atoms with Crippen molar-refractivity contribution in [2.24, 2.45) is 29.6 Å². The van der Waals surface area contributed by atoms with E-state index < -0.39 is 8.07 Å². The molecule has 0 saturated heterocycles. The molecule has 1 heteroatoms. The second-order valence-electron chi connectivity index (χ2n) is 9.79. The van der Waals surface area contributed by atoms with Gasteiger partial charge in [-0.1, -0.05) is 87.0 Å². The summed E-state index contributed by atoms with van der Waals surface area (Å²) in [4.78, 5) is 0. The number of fused-ring (bicyclic) bond motifs is 3. The largest absolute Gasteiger partial charge is 0.103 e. The first-order chi connectivity index (χ1) is 12.6. The number of unbranched alkanes of at least 4 members (excludes halogenated alkanes) is 1. The van der Waals surface area contributed by atoms with Crippen molar-refractivity contribution < 1.29 is 0 Å². The molecule has 26 heavy (non-hydrogen) atoms. The fourth-order valence-electron chi connectivity index (χ4n) is 6.86. The van der Waals surface area contributed by atoms with Gasteiger partial charge in [-0.2, -0.15) is 0 Å². The van der Waals surface area contributed by atoms with Gasteiger partial charge in [0.25, 0.3) is 0 Å². The van der Waals surface area contributed by atoms with Crippen LogP contribution in [-0.2, 0) is 0 Å². The van der Waals surface area contributed by atoms with Crippen LogP contribution in [0.15, 0.2) is 61.3 Å². The SMILES string of the molecule is C=CCCCC1CCC([Si](C)(C)C2C3C=CC=CC3C3C=CC=CC32)C1. The minimum absolute atomic E-state index is 0.743. The molecule has 0 radical (unpaired) electrons. The van der Waals surface area contributed by atoms with Crippen LogP contribution in [0.25, 0.3) is 0 Å². The van der Waals surface area contributed by atoms with E-state index in [0.717, 1.165) is 40.7 Å². The zero-order chi connectivity index (χ0) is 18.1. The van der Waals surface area contributed by atoms with Crippen LogP contribution in [0, 0.1) is 29.6 Å². The van der Waals surface area contributed by atoms with Gasteiger partial charge < -0.3 is 0 Å². The lowest BCUT2D eigenvalue weighted by atomic mass is 9.83. The minimum atomic E-state index is -1.33.